The molecule has 3 N–H and O–H groups in total. The number of amides is 2. The molecule has 0 aliphatic rings. The molecule has 96 valence electrons. The van der Waals surface area contributed by atoms with Crippen LogP contribution in [0.15, 0.2) is 22.9 Å². The predicted octanol–water partition coefficient (Wildman–Crippen LogP) is 2.37. The van der Waals surface area contributed by atoms with Gasteiger partial charge in [0.2, 0.25) is 0 Å². The number of thiophene rings is 1. The Morgan fingerprint density at radius 2 is 2.44 bits per heavy atom. The third-order valence-electron chi connectivity index (χ3n) is 2.25. The second-order valence-electron chi connectivity index (χ2n) is 3.74. The molecule has 1 atom stereocenters. The van der Waals surface area contributed by atoms with E-state index in [2.05, 4.69) is 15.0 Å². The number of hydrogen-bond donors (Lipinski definition) is 3. The molecule has 0 bridgehead atoms. The molecule has 0 radical (unpaired) electrons. The second-order valence-corrected chi connectivity index (χ2v) is 5.33. The fraction of sp³-hybridized carbons (Fsp3) is 0.273. The van der Waals surface area contributed by atoms with Crippen molar-refractivity contribution in [3.05, 3.63) is 34.2 Å². The summed E-state index contributed by atoms with van der Waals surface area (Å²) in [6.45, 7) is 2.04. The monoisotopic (exact) mass is 283 g/mol. The van der Waals surface area contributed by atoms with Crippen LogP contribution in [-0.2, 0) is 0 Å². The first-order chi connectivity index (χ1) is 8.65. The van der Waals surface area contributed by atoms with Crippen molar-refractivity contribution in [1.29, 1.82) is 0 Å². The molecule has 0 spiro atoms. The van der Waals surface area contributed by atoms with Crippen LogP contribution >= 0.6 is 22.9 Å². The number of aromatic nitrogens is 1. The van der Waals surface area contributed by atoms with E-state index in [1.165, 1.54) is 22.9 Å². The SMILES string of the molecule is Cc1cc(NC(=O)NC[C@H](O)c2ccsc2)sn1. The highest BCUT2D eigenvalue weighted by Crippen LogP contribution is 2.16. The summed E-state index contributed by atoms with van der Waals surface area (Å²) >= 11 is 2.74. The van der Waals surface area contributed by atoms with E-state index >= 15 is 0 Å². The van der Waals surface area contributed by atoms with Crippen LogP contribution in [0.4, 0.5) is 9.80 Å². The summed E-state index contributed by atoms with van der Waals surface area (Å²) < 4.78 is 4.06. The lowest BCUT2D eigenvalue weighted by Gasteiger charge is -2.10. The largest absolute Gasteiger partial charge is 0.387 e. The fourth-order valence-electron chi connectivity index (χ4n) is 1.35. The number of rotatable bonds is 4. The Morgan fingerprint density at radius 1 is 1.61 bits per heavy atom. The number of aryl methyl sites for hydroxylation is 1. The fourth-order valence-corrected chi connectivity index (χ4v) is 2.71. The van der Waals surface area contributed by atoms with Gasteiger partial charge in [0.15, 0.2) is 0 Å². The quantitative estimate of drug-likeness (QED) is 0.806. The summed E-state index contributed by atoms with van der Waals surface area (Å²) in [6.07, 6.45) is -0.676. The minimum atomic E-state index is -0.676. The summed E-state index contributed by atoms with van der Waals surface area (Å²) in [6, 6.07) is 3.29. The van der Waals surface area contributed by atoms with E-state index in [-0.39, 0.29) is 12.6 Å². The van der Waals surface area contributed by atoms with Crippen LogP contribution in [0.2, 0.25) is 0 Å². The van der Waals surface area contributed by atoms with Crippen molar-refractivity contribution >= 4 is 33.9 Å². The Kier molecular flexibility index (Phi) is 4.29. The Morgan fingerprint density at radius 3 is 3.06 bits per heavy atom. The highest BCUT2D eigenvalue weighted by atomic mass is 32.1. The number of nitrogens with zero attached hydrogens (tertiary/aromatic N) is 1. The van der Waals surface area contributed by atoms with Gasteiger partial charge in [0, 0.05) is 6.54 Å². The zero-order chi connectivity index (χ0) is 13.0. The molecular weight excluding hydrogens is 270 g/mol. The van der Waals surface area contributed by atoms with Crippen LogP contribution in [0.25, 0.3) is 0 Å². The normalized spacial score (nSPS) is 12.1. The lowest BCUT2D eigenvalue weighted by Crippen LogP contribution is -2.32. The van der Waals surface area contributed by atoms with Crippen molar-refractivity contribution in [3.8, 4) is 0 Å². The van der Waals surface area contributed by atoms with Gasteiger partial charge in [-0.3, -0.25) is 5.32 Å². The Labute approximate surface area is 113 Å². The second kappa shape index (κ2) is 5.94. The highest BCUT2D eigenvalue weighted by Gasteiger charge is 2.10. The molecule has 0 aromatic carbocycles. The Hall–Kier alpha value is -1.44. The highest BCUT2D eigenvalue weighted by molar-refractivity contribution is 7.10. The van der Waals surface area contributed by atoms with Crippen LogP contribution in [0.3, 0.4) is 0 Å². The summed E-state index contributed by atoms with van der Waals surface area (Å²) in [5.41, 5.74) is 1.68. The molecular formula is C11H13N3O2S2. The van der Waals surface area contributed by atoms with Crippen LogP contribution in [0, 0.1) is 6.92 Å². The maximum absolute atomic E-state index is 11.5. The number of aliphatic hydroxyl groups is 1. The number of anilines is 1. The van der Waals surface area contributed by atoms with Crippen molar-refractivity contribution in [2.75, 3.05) is 11.9 Å². The van der Waals surface area contributed by atoms with Gasteiger partial charge >= 0.3 is 6.03 Å². The molecule has 2 aromatic heterocycles. The van der Waals surface area contributed by atoms with Crippen molar-refractivity contribution in [3.63, 3.8) is 0 Å². The molecule has 0 unspecified atom stereocenters. The van der Waals surface area contributed by atoms with Gasteiger partial charge in [-0.05, 0) is 46.9 Å². The van der Waals surface area contributed by atoms with Crippen molar-refractivity contribution in [2.45, 2.75) is 13.0 Å². The first-order valence-corrected chi connectivity index (χ1v) is 7.05. The molecule has 2 amide bonds. The van der Waals surface area contributed by atoms with Gasteiger partial charge in [0.25, 0.3) is 0 Å². The smallest absolute Gasteiger partial charge is 0.319 e. The molecule has 0 saturated carbocycles. The maximum Gasteiger partial charge on any atom is 0.319 e. The van der Waals surface area contributed by atoms with E-state index in [0.29, 0.717) is 5.00 Å². The molecule has 2 heterocycles. The molecule has 2 aromatic rings. The molecule has 0 saturated heterocycles. The van der Waals surface area contributed by atoms with Gasteiger partial charge in [-0.1, -0.05) is 0 Å². The average Bonchev–Trinajstić information content (AvgIpc) is 2.97. The topological polar surface area (TPSA) is 74.2 Å². The molecule has 18 heavy (non-hydrogen) atoms. The first kappa shape index (κ1) is 13.0. The number of hydrogen-bond acceptors (Lipinski definition) is 5. The summed E-state index contributed by atoms with van der Waals surface area (Å²) in [5, 5.41) is 19.5. The molecule has 0 fully saturated rings. The first-order valence-electron chi connectivity index (χ1n) is 5.33. The van der Waals surface area contributed by atoms with E-state index in [1.807, 2.05) is 23.8 Å². The third-order valence-corrected chi connectivity index (χ3v) is 3.75. The maximum atomic E-state index is 11.5. The average molecular weight is 283 g/mol. The van der Waals surface area contributed by atoms with Crippen molar-refractivity contribution < 1.29 is 9.90 Å². The van der Waals surface area contributed by atoms with Gasteiger partial charge < -0.3 is 10.4 Å². The van der Waals surface area contributed by atoms with Crippen molar-refractivity contribution in [2.24, 2.45) is 0 Å². The van der Waals surface area contributed by atoms with Crippen LogP contribution < -0.4 is 10.6 Å². The number of nitrogens with one attached hydrogen (secondary N) is 2. The number of urea groups is 1. The van der Waals surface area contributed by atoms with Gasteiger partial charge in [-0.25, -0.2) is 4.79 Å². The molecule has 2 rings (SSSR count). The zero-order valence-electron chi connectivity index (χ0n) is 9.71. The molecule has 0 aliphatic carbocycles. The Balaban J connectivity index is 1.78. The van der Waals surface area contributed by atoms with Gasteiger partial charge in [-0.2, -0.15) is 15.7 Å². The van der Waals surface area contributed by atoms with Crippen LogP contribution in [0.1, 0.15) is 17.4 Å². The molecule has 0 aliphatic heterocycles. The standard InChI is InChI=1S/C11H13N3O2S2/c1-7-4-10(18-14-7)13-11(16)12-5-9(15)8-2-3-17-6-8/h2-4,6,9,15H,5H2,1H3,(H2,12,13,16)/t9-/m0/s1. The van der Waals surface area contributed by atoms with Crippen LogP contribution in [0.5, 0.6) is 0 Å². The van der Waals surface area contributed by atoms with Crippen LogP contribution in [-0.4, -0.2) is 22.1 Å². The van der Waals surface area contributed by atoms with E-state index < -0.39 is 6.10 Å². The minimum absolute atomic E-state index is 0.181. The van der Waals surface area contributed by atoms with Gasteiger partial charge in [-0.15, -0.1) is 0 Å². The summed E-state index contributed by atoms with van der Waals surface area (Å²) in [4.78, 5) is 11.5. The third kappa shape index (κ3) is 3.52. The number of carbonyl (C=O) groups is 1. The summed E-state index contributed by atoms with van der Waals surface area (Å²) in [7, 11) is 0. The predicted molar refractivity (Wildman–Crippen MR) is 73.2 cm³/mol. The van der Waals surface area contributed by atoms with Gasteiger partial charge in [0.1, 0.15) is 5.00 Å². The molecule has 5 nitrogen and oxygen atoms in total. The Bertz CT molecular complexity index is 510. The lowest BCUT2D eigenvalue weighted by molar-refractivity contribution is 0.175. The minimum Gasteiger partial charge on any atom is -0.387 e. The van der Waals surface area contributed by atoms with E-state index in [1.54, 1.807) is 6.07 Å². The lowest BCUT2D eigenvalue weighted by atomic mass is 10.2. The van der Waals surface area contributed by atoms with Crippen molar-refractivity contribution in [1.82, 2.24) is 9.69 Å². The number of carbonyl (C=O) groups excluding carboxylic acids is 1. The van der Waals surface area contributed by atoms with E-state index in [0.717, 1.165) is 11.3 Å². The van der Waals surface area contributed by atoms with E-state index in [4.69, 9.17) is 0 Å². The molecule has 7 heteroatoms. The number of aliphatic hydroxyl groups excluding tert-OH is 1. The zero-order valence-corrected chi connectivity index (χ0v) is 11.3. The van der Waals surface area contributed by atoms with E-state index in [9.17, 15) is 9.90 Å². The summed E-state index contributed by atoms with van der Waals surface area (Å²) in [5.74, 6) is 0. The van der Waals surface area contributed by atoms with Gasteiger partial charge in [0.05, 0.1) is 11.8 Å².